The zero-order valence-corrected chi connectivity index (χ0v) is 11.0. The summed E-state index contributed by atoms with van der Waals surface area (Å²) in [7, 11) is 0. The van der Waals surface area contributed by atoms with E-state index in [9.17, 15) is 14.4 Å². The molecule has 0 spiro atoms. The van der Waals surface area contributed by atoms with E-state index in [-0.39, 0.29) is 5.91 Å². The number of amides is 2. The van der Waals surface area contributed by atoms with E-state index in [1.807, 2.05) is 6.07 Å². The predicted octanol–water partition coefficient (Wildman–Crippen LogP) is 0.451. The smallest absolute Gasteiger partial charge is 0.338 e. The molecule has 1 aromatic rings. The number of nitrogens with two attached hydrogens (primary N) is 1. The van der Waals surface area contributed by atoms with Gasteiger partial charge in [0.2, 0.25) is 5.91 Å². The summed E-state index contributed by atoms with van der Waals surface area (Å²) in [6.45, 7) is 0.790. The van der Waals surface area contributed by atoms with Crippen LogP contribution < -0.4 is 5.73 Å². The van der Waals surface area contributed by atoms with Crippen molar-refractivity contribution in [3.05, 3.63) is 35.4 Å². The molecular formula is C14H16N2O4. The fraction of sp³-hybridized carbons (Fsp3) is 0.357. The van der Waals surface area contributed by atoms with Crippen LogP contribution in [0.2, 0.25) is 0 Å². The summed E-state index contributed by atoms with van der Waals surface area (Å²) in [4.78, 5) is 35.6. The van der Waals surface area contributed by atoms with Gasteiger partial charge in [-0.05, 0) is 24.1 Å². The average molecular weight is 276 g/mol. The van der Waals surface area contributed by atoms with E-state index in [4.69, 9.17) is 10.5 Å². The Labute approximate surface area is 116 Å². The SMILES string of the molecule is NC(=O)COC(=O)c1cccc(CN2CCCC2=O)c1. The molecule has 1 heterocycles. The van der Waals surface area contributed by atoms with Gasteiger partial charge in [0, 0.05) is 19.5 Å². The van der Waals surface area contributed by atoms with Crippen molar-refractivity contribution in [2.75, 3.05) is 13.2 Å². The summed E-state index contributed by atoms with van der Waals surface area (Å²) < 4.78 is 4.74. The molecule has 20 heavy (non-hydrogen) atoms. The van der Waals surface area contributed by atoms with Crippen LogP contribution in [-0.4, -0.2) is 35.8 Å². The Bertz CT molecular complexity index is 542. The van der Waals surface area contributed by atoms with E-state index in [1.165, 1.54) is 0 Å². The normalized spacial score (nSPS) is 14.4. The number of likely N-dealkylation sites (tertiary alicyclic amines) is 1. The summed E-state index contributed by atoms with van der Waals surface area (Å²) in [6, 6.07) is 6.82. The highest BCUT2D eigenvalue weighted by atomic mass is 16.5. The molecule has 0 bridgehead atoms. The summed E-state index contributed by atoms with van der Waals surface area (Å²) in [5.41, 5.74) is 6.11. The monoisotopic (exact) mass is 276 g/mol. The lowest BCUT2D eigenvalue weighted by molar-refractivity contribution is -0.128. The molecule has 106 valence electrons. The molecule has 1 aliphatic heterocycles. The van der Waals surface area contributed by atoms with E-state index in [0.717, 1.165) is 18.5 Å². The molecule has 1 saturated heterocycles. The topological polar surface area (TPSA) is 89.7 Å². The van der Waals surface area contributed by atoms with Gasteiger partial charge in [0.05, 0.1) is 5.56 Å². The van der Waals surface area contributed by atoms with Crippen LogP contribution in [0.1, 0.15) is 28.8 Å². The van der Waals surface area contributed by atoms with Crippen LogP contribution in [0, 0.1) is 0 Å². The van der Waals surface area contributed by atoms with Gasteiger partial charge in [-0.25, -0.2) is 4.79 Å². The maximum Gasteiger partial charge on any atom is 0.338 e. The van der Waals surface area contributed by atoms with E-state index in [0.29, 0.717) is 18.5 Å². The Morgan fingerprint density at radius 1 is 1.35 bits per heavy atom. The van der Waals surface area contributed by atoms with Crippen molar-refractivity contribution < 1.29 is 19.1 Å². The minimum absolute atomic E-state index is 0.131. The van der Waals surface area contributed by atoms with Crippen molar-refractivity contribution in [2.45, 2.75) is 19.4 Å². The lowest BCUT2D eigenvalue weighted by atomic mass is 10.1. The largest absolute Gasteiger partial charge is 0.452 e. The molecular weight excluding hydrogens is 260 g/mol. The zero-order chi connectivity index (χ0) is 14.5. The highest BCUT2D eigenvalue weighted by molar-refractivity contribution is 5.91. The lowest BCUT2D eigenvalue weighted by Crippen LogP contribution is -2.24. The number of rotatable bonds is 5. The lowest BCUT2D eigenvalue weighted by Gasteiger charge is -2.15. The first kappa shape index (κ1) is 14.0. The van der Waals surface area contributed by atoms with Crippen LogP contribution >= 0.6 is 0 Å². The second-order valence-corrected chi connectivity index (χ2v) is 4.66. The summed E-state index contributed by atoms with van der Waals surface area (Å²) in [5.74, 6) is -1.16. The summed E-state index contributed by atoms with van der Waals surface area (Å²) in [5, 5.41) is 0. The molecule has 1 fully saturated rings. The fourth-order valence-corrected chi connectivity index (χ4v) is 2.11. The molecule has 0 unspecified atom stereocenters. The minimum Gasteiger partial charge on any atom is -0.452 e. The van der Waals surface area contributed by atoms with Crippen LogP contribution in [0.15, 0.2) is 24.3 Å². The second-order valence-electron chi connectivity index (χ2n) is 4.66. The first-order valence-electron chi connectivity index (χ1n) is 6.38. The van der Waals surface area contributed by atoms with Crippen LogP contribution in [0.3, 0.4) is 0 Å². The molecule has 0 aliphatic carbocycles. The molecule has 2 N–H and O–H groups in total. The third kappa shape index (κ3) is 3.57. The fourth-order valence-electron chi connectivity index (χ4n) is 2.11. The molecule has 6 heteroatoms. The van der Waals surface area contributed by atoms with Crippen molar-refractivity contribution in [1.82, 2.24) is 4.90 Å². The summed E-state index contributed by atoms with van der Waals surface area (Å²) >= 11 is 0. The van der Waals surface area contributed by atoms with Crippen LogP contribution in [0.5, 0.6) is 0 Å². The van der Waals surface area contributed by atoms with Crippen molar-refractivity contribution in [3.8, 4) is 0 Å². The Morgan fingerprint density at radius 3 is 2.80 bits per heavy atom. The quantitative estimate of drug-likeness (QED) is 0.791. The van der Waals surface area contributed by atoms with Crippen LogP contribution in [0.4, 0.5) is 0 Å². The Balaban J connectivity index is 2.01. The average Bonchev–Trinajstić information content (AvgIpc) is 2.82. The first-order chi connectivity index (χ1) is 9.56. The van der Waals surface area contributed by atoms with Crippen molar-refractivity contribution in [3.63, 3.8) is 0 Å². The first-order valence-corrected chi connectivity index (χ1v) is 6.38. The number of carbonyl (C=O) groups is 3. The van der Waals surface area contributed by atoms with E-state index in [1.54, 1.807) is 23.1 Å². The van der Waals surface area contributed by atoms with Gasteiger partial charge in [-0.2, -0.15) is 0 Å². The molecule has 0 saturated carbocycles. The van der Waals surface area contributed by atoms with Crippen LogP contribution in [0.25, 0.3) is 0 Å². The van der Waals surface area contributed by atoms with E-state index in [2.05, 4.69) is 0 Å². The number of primary amides is 1. The van der Waals surface area contributed by atoms with Crippen molar-refractivity contribution >= 4 is 17.8 Å². The number of benzene rings is 1. The molecule has 0 atom stereocenters. The highest BCUT2D eigenvalue weighted by Crippen LogP contribution is 2.15. The highest BCUT2D eigenvalue weighted by Gasteiger charge is 2.20. The maximum absolute atomic E-state index is 11.7. The third-order valence-electron chi connectivity index (χ3n) is 3.05. The minimum atomic E-state index is -0.697. The number of hydrogen-bond acceptors (Lipinski definition) is 4. The molecule has 2 rings (SSSR count). The van der Waals surface area contributed by atoms with Gasteiger partial charge in [0.15, 0.2) is 6.61 Å². The van der Waals surface area contributed by atoms with Gasteiger partial charge in [0.1, 0.15) is 0 Å². The van der Waals surface area contributed by atoms with Crippen molar-refractivity contribution in [2.24, 2.45) is 5.73 Å². The van der Waals surface area contributed by atoms with Gasteiger partial charge >= 0.3 is 5.97 Å². The van der Waals surface area contributed by atoms with Crippen LogP contribution in [-0.2, 0) is 20.9 Å². The zero-order valence-electron chi connectivity index (χ0n) is 11.0. The Morgan fingerprint density at radius 2 is 2.15 bits per heavy atom. The van der Waals surface area contributed by atoms with Gasteiger partial charge in [-0.1, -0.05) is 12.1 Å². The third-order valence-corrected chi connectivity index (χ3v) is 3.05. The van der Waals surface area contributed by atoms with Gasteiger partial charge in [-0.15, -0.1) is 0 Å². The van der Waals surface area contributed by atoms with Gasteiger partial charge in [-0.3, -0.25) is 9.59 Å². The predicted molar refractivity (Wildman–Crippen MR) is 70.6 cm³/mol. The molecule has 1 aromatic carbocycles. The Hall–Kier alpha value is -2.37. The number of nitrogens with zero attached hydrogens (tertiary/aromatic N) is 1. The Kier molecular flexibility index (Phi) is 4.34. The summed E-state index contributed by atoms with van der Waals surface area (Å²) in [6.07, 6.45) is 1.46. The molecule has 2 amide bonds. The second kappa shape index (κ2) is 6.18. The number of ether oxygens (including phenoxy) is 1. The van der Waals surface area contributed by atoms with Gasteiger partial charge < -0.3 is 15.4 Å². The van der Waals surface area contributed by atoms with E-state index >= 15 is 0 Å². The number of hydrogen-bond donors (Lipinski definition) is 1. The molecule has 0 radical (unpaired) electrons. The molecule has 1 aliphatic rings. The van der Waals surface area contributed by atoms with Crippen molar-refractivity contribution in [1.29, 1.82) is 0 Å². The standard InChI is InChI=1S/C14H16N2O4/c15-12(17)9-20-14(19)11-4-1-3-10(7-11)8-16-6-2-5-13(16)18/h1,3-4,7H,2,5-6,8-9H2,(H2,15,17). The number of carbonyl (C=O) groups excluding carboxylic acids is 3. The molecule has 6 nitrogen and oxygen atoms in total. The van der Waals surface area contributed by atoms with E-state index < -0.39 is 18.5 Å². The maximum atomic E-state index is 11.7. The molecule has 0 aromatic heterocycles. The van der Waals surface area contributed by atoms with Gasteiger partial charge in [0.25, 0.3) is 5.91 Å². The number of esters is 1.